The van der Waals surface area contributed by atoms with Crippen LogP contribution in [0.1, 0.15) is 5.56 Å². The molecule has 0 unspecified atom stereocenters. The maximum atomic E-state index is 13.3. The standard InChI is InChI=1S/C14H7F4NS/c15-11-3-1-8(5-10(11)14(16,17)18)9-2-4-13-12(6-9)19-7-20-13/h1-7H. The zero-order chi connectivity index (χ0) is 14.3. The zero-order valence-corrected chi connectivity index (χ0v) is 10.7. The molecule has 102 valence electrons. The molecule has 0 radical (unpaired) electrons. The van der Waals surface area contributed by atoms with E-state index in [4.69, 9.17) is 0 Å². The molecule has 0 saturated heterocycles. The summed E-state index contributed by atoms with van der Waals surface area (Å²) in [5.41, 5.74) is 2.02. The summed E-state index contributed by atoms with van der Waals surface area (Å²) in [5, 5.41) is 0. The molecule has 0 aliphatic heterocycles. The van der Waals surface area contributed by atoms with E-state index in [2.05, 4.69) is 4.98 Å². The molecule has 0 aliphatic rings. The molecule has 1 nitrogen and oxygen atoms in total. The number of rotatable bonds is 1. The minimum Gasteiger partial charge on any atom is -0.245 e. The van der Waals surface area contributed by atoms with Crippen LogP contribution in [0, 0.1) is 5.82 Å². The van der Waals surface area contributed by atoms with Gasteiger partial charge in [0.1, 0.15) is 5.82 Å². The van der Waals surface area contributed by atoms with Crippen molar-refractivity contribution in [2.24, 2.45) is 0 Å². The van der Waals surface area contributed by atoms with E-state index in [-0.39, 0.29) is 0 Å². The number of aromatic nitrogens is 1. The van der Waals surface area contributed by atoms with Gasteiger partial charge in [-0.2, -0.15) is 13.2 Å². The normalized spacial score (nSPS) is 12.0. The second kappa shape index (κ2) is 4.56. The summed E-state index contributed by atoms with van der Waals surface area (Å²) in [6.45, 7) is 0. The van der Waals surface area contributed by atoms with E-state index in [0.717, 1.165) is 16.8 Å². The molecule has 0 bridgehead atoms. The van der Waals surface area contributed by atoms with Gasteiger partial charge in [0.15, 0.2) is 0 Å². The predicted molar refractivity (Wildman–Crippen MR) is 70.0 cm³/mol. The van der Waals surface area contributed by atoms with Crippen molar-refractivity contribution in [1.82, 2.24) is 4.98 Å². The van der Waals surface area contributed by atoms with Crippen LogP contribution in [0.25, 0.3) is 21.3 Å². The Morgan fingerprint density at radius 2 is 1.65 bits per heavy atom. The number of nitrogens with zero attached hydrogens (tertiary/aromatic N) is 1. The third-order valence-electron chi connectivity index (χ3n) is 2.94. The van der Waals surface area contributed by atoms with Crippen molar-refractivity contribution in [3.8, 4) is 11.1 Å². The Hall–Kier alpha value is -1.95. The van der Waals surface area contributed by atoms with Crippen molar-refractivity contribution in [2.45, 2.75) is 6.18 Å². The fourth-order valence-electron chi connectivity index (χ4n) is 1.96. The number of thiazole rings is 1. The van der Waals surface area contributed by atoms with Crippen LogP contribution in [-0.2, 0) is 6.18 Å². The molecule has 0 fully saturated rings. The molecule has 0 saturated carbocycles. The Bertz CT molecular complexity index is 776. The lowest BCUT2D eigenvalue weighted by atomic mass is 10.0. The van der Waals surface area contributed by atoms with Gasteiger partial charge < -0.3 is 0 Å². The van der Waals surface area contributed by atoms with Crippen molar-refractivity contribution in [3.05, 3.63) is 53.3 Å². The van der Waals surface area contributed by atoms with Crippen LogP contribution >= 0.6 is 11.3 Å². The largest absolute Gasteiger partial charge is 0.419 e. The lowest BCUT2D eigenvalue weighted by molar-refractivity contribution is -0.139. The first-order chi connectivity index (χ1) is 9.45. The van der Waals surface area contributed by atoms with Gasteiger partial charge in [-0.25, -0.2) is 9.37 Å². The molecule has 0 atom stereocenters. The number of benzene rings is 2. The number of halogens is 4. The summed E-state index contributed by atoms with van der Waals surface area (Å²) >= 11 is 1.45. The molecule has 6 heteroatoms. The number of hydrogen-bond donors (Lipinski definition) is 0. The molecular formula is C14H7F4NS. The summed E-state index contributed by atoms with van der Waals surface area (Å²) in [6, 6.07) is 8.18. The molecule has 20 heavy (non-hydrogen) atoms. The van der Waals surface area contributed by atoms with Gasteiger partial charge in [0.25, 0.3) is 0 Å². The Balaban J connectivity index is 2.14. The van der Waals surface area contributed by atoms with Crippen molar-refractivity contribution in [1.29, 1.82) is 0 Å². The summed E-state index contributed by atoms with van der Waals surface area (Å²) in [5.74, 6) is -1.27. The minimum atomic E-state index is -4.70. The first-order valence-electron chi connectivity index (χ1n) is 5.65. The number of fused-ring (bicyclic) bond motifs is 1. The highest BCUT2D eigenvalue weighted by Crippen LogP contribution is 2.35. The Morgan fingerprint density at radius 3 is 2.40 bits per heavy atom. The molecule has 2 aromatic carbocycles. The molecule has 0 aliphatic carbocycles. The van der Waals surface area contributed by atoms with Crippen LogP contribution in [0.3, 0.4) is 0 Å². The fraction of sp³-hybridized carbons (Fsp3) is 0.0714. The molecular weight excluding hydrogens is 290 g/mol. The van der Waals surface area contributed by atoms with Crippen molar-refractivity contribution in [3.63, 3.8) is 0 Å². The van der Waals surface area contributed by atoms with Crippen LogP contribution in [0.4, 0.5) is 17.6 Å². The predicted octanol–water partition coefficient (Wildman–Crippen LogP) is 5.12. The first-order valence-corrected chi connectivity index (χ1v) is 6.53. The van der Waals surface area contributed by atoms with E-state index < -0.39 is 17.6 Å². The van der Waals surface area contributed by atoms with Crippen LogP contribution in [-0.4, -0.2) is 4.98 Å². The van der Waals surface area contributed by atoms with Crippen LogP contribution in [0.2, 0.25) is 0 Å². The van der Waals surface area contributed by atoms with Gasteiger partial charge in [-0.05, 0) is 35.4 Å². The van der Waals surface area contributed by atoms with Crippen molar-refractivity contribution < 1.29 is 17.6 Å². The third kappa shape index (κ3) is 2.27. The smallest absolute Gasteiger partial charge is 0.245 e. The quantitative estimate of drug-likeness (QED) is 0.568. The van der Waals surface area contributed by atoms with E-state index in [1.807, 2.05) is 0 Å². The second-order valence-electron chi connectivity index (χ2n) is 4.23. The minimum absolute atomic E-state index is 0.314. The lowest BCUT2D eigenvalue weighted by Crippen LogP contribution is -2.08. The second-order valence-corrected chi connectivity index (χ2v) is 5.11. The average molecular weight is 297 g/mol. The monoisotopic (exact) mass is 297 g/mol. The Kier molecular flexibility index (Phi) is 2.97. The van der Waals surface area contributed by atoms with Gasteiger partial charge in [0.2, 0.25) is 0 Å². The van der Waals surface area contributed by atoms with E-state index >= 15 is 0 Å². The highest BCUT2D eigenvalue weighted by atomic mass is 32.1. The highest BCUT2D eigenvalue weighted by molar-refractivity contribution is 7.16. The molecule has 0 amide bonds. The van der Waals surface area contributed by atoms with Gasteiger partial charge in [-0.15, -0.1) is 11.3 Å². The SMILES string of the molecule is Fc1ccc(-c2ccc3scnc3c2)cc1C(F)(F)F. The van der Waals surface area contributed by atoms with Gasteiger partial charge in [0.05, 0.1) is 21.3 Å². The maximum absolute atomic E-state index is 13.3. The third-order valence-corrected chi connectivity index (χ3v) is 3.75. The molecule has 0 spiro atoms. The van der Waals surface area contributed by atoms with Gasteiger partial charge in [0, 0.05) is 0 Å². The maximum Gasteiger partial charge on any atom is 0.419 e. The molecule has 3 rings (SSSR count). The van der Waals surface area contributed by atoms with Crippen molar-refractivity contribution >= 4 is 21.6 Å². The van der Waals surface area contributed by atoms with E-state index in [0.29, 0.717) is 16.6 Å². The molecule has 1 aromatic heterocycles. The van der Waals surface area contributed by atoms with E-state index in [9.17, 15) is 17.6 Å². The Morgan fingerprint density at radius 1 is 0.950 bits per heavy atom. The highest BCUT2D eigenvalue weighted by Gasteiger charge is 2.34. The Labute approximate surface area is 115 Å². The van der Waals surface area contributed by atoms with Gasteiger partial charge in [-0.1, -0.05) is 12.1 Å². The molecule has 0 N–H and O–H groups in total. The summed E-state index contributed by atoms with van der Waals surface area (Å²) in [6.07, 6.45) is -4.70. The molecule has 3 aromatic rings. The lowest BCUT2D eigenvalue weighted by Gasteiger charge is -2.10. The fourth-order valence-corrected chi connectivity index (χ4v) is 2.62. The van der Waals surface area contributed by atoms with E-state index in [1.165, 1.54) is 17.4 Å². The first kappa shape index (κ1) is 13.1. The van der Waals surface area contributed by atoms with Crippen LogP contribution in [0.5, 0.6) is 0 Å². The van der Waals surface area contributed by atoms with E-state index in [1.54, 1.807) is 23.7 Å². The summed E-state index contributed by atoms with van der Waals surface area (Å²) in [4.78, 5) is 4.12. The summed E-state index contributed by atoms with van der Waals surface area (Å²) in [7, 11) is 0. The average Bonchev–Trinajstić information content (AvgIpc) is 2.85. The number of alkyl halides is 3. The summed E-state index contributed by atoms with van der Waals surface area (Å²) < 4.78 is 52.3. The van der Waals surface area contributed by atoms with Crippen molar-refractivity contribution in [2.75, 3.05) is 0 Å². The van der Waals surface area contributed by atoms with Gasteiger partial charge >= 0.3 is 6.18 Å². The van der Waals surface area contributed by atoms with Gasteiger partial charge in [-0.3, -0.25) is 0 Å². The zero-order valence-electron chi connectivity index (χ0n) is 9.91. The topological polar surface area (TPSA) is 12.9 Å². The number of hydrogen-bond acceptors (Lipinski definition) is 2. The van der Waals surface area contributed by atoms with Crippen LogP contribution in [0.15, 0.2) is 41.9 Å². The molecule has 1 heterocycles. The van der Waals surface area contributed by atoms with Crippen LogP contribution < -0.4 is 0 Å².